The molecule has 0 aromatic heterocycles. The van der Waals surface area contributed by atoms with E-state index in [1.54, 1.807) is 0 Å². The van der Waals surface area contributed by atoms with E-state index in [-0.39, 0.29) is 11.9 Å². The van der Waals surface area contributed by atoms with Crippen molar-refractivity contribution in [3.8, 4) is 0 Å². The Morgan fingerprint density at radius 3 is 2.65 bits per heavy atom. The predicted octanol–water partition coefficient (Wildman–Crippen LogP) is 3.04. The monoisotopic (exact) mass is 237 g/mol. The zero-order valence-electron chi connectivity index (χ0n) is 10.4. The molecule has 1 N–H and O–H groups in total. The van der Waals surface area contributed by atoms with E-state index in [0.717, 1.165) is 24.9 Å². The van der Waals surface area contributed by atoms with E-state index >= 15 is 0 Å². The van der Waals surface area contributed by atoms with Crippen molar-refractivity contribution in [3.05, 3.63) is 35.6 Å². The molecular formula is C14H20FNO. The lowest BCUT2D eigenvalue weighted by Gasteiger charge is -2.17. The van der Waals surface area contributed by atoms with Crippen LogP contribution in [0, 0.1) is 5.82 Å². The van der Waals surface area contributed by atoms with Crippen molar-refractivity contribution in [1.29, 1.82) is 0 Å². The van der Waals surface area contributed by atoms with Crippen LogP contribution in [0.25, 0.3) is 0 Å². The Labute approximate surface area is 102 Å². The van der Waals surface area contributed by atoms with Crippen LogP contribution in [0.2, 0.25) is 0 Å². The lowest BCUT2D eigenvalue weighted by atomic mass is 10.1. The minimum atomic E-state index is -0.186. The van der Waals surface area contributed by atoms with Gasteiger partial charge in [0.2, 0.25) is 0 Å². The molecule has 94 valence electrons. The van der Waals surface area contributed by atoms with E-state index in [4.69, 9.17) is 4.74 Å². The van der Waals surface area contributed by atoms with Gasteiger partial charge in [0, 0.05) is 12.6 Å². The molecule has 3 unspecified atom stereocenters. The van der Waals surface area contributed by atoms with Crippen molar-refractivity contribution in [2.24, 2.45) is 0 Å². The maximum atomic E-state index is 12.8. The Bertz CT molecular complexity index is 352. The topological polar surface area (TPSA) is 21.3 Å². The second kappa shape index (κ2) is 5.61. The maximum absolute atomic E-state index is 12.8. The zero-order valence-corrected chi connectivity index (χ0v) is 10.4. The van der Waals surface area contributed by atoms with Gasteiger partial charge in [-0.25, -0.2) is 4.39 Å². The summed E-state index contributed by atoms with van der Waals surface area (Å²) in [6.07, 6.45) is 3.00. The summed E-state index contributed by atoms with van der Waals surface area (Å²) in [7, 11) is 0. The normalized spacial score (nSPS) is 26.1. The first kappa shape index (κ1) is 12.5. The van der Waals surface area contributed by atoms with Crippen LogP contribution >= 0.6 is 0 Å². The SMILES string of the molecule is CC1CCC(CNC(C)c2ccc(F)cc2)O1. The van der Waals surface area contributed by atoms with Crippen molar-refractivity contribution in [2.75, 3.05) is 6.54 Å². The van der Waals surface area contributed by atoms with E-state index < -0.39 is 0 Å². The Balaban J connectivity index is 1.81. The number of benzene rings is 1. The van der Waals surface area contributed by atoms with Crippen LogP contribution in [0.1, 0.15) is 38.3 Å². The third kappa shape index (κ3) is 3.51. The summed E-state index contributed by atoms with van der Waals surface area (Å²) in [6, 6.07) is 6.88. The van der Waals surface area contributed by atoms with Crippen molar-refractivity contribution >= 4 is 0 Å². The fraction of sp³-hybridized carbons (Fsp3) is 0.571. The quantitative estimate of drug-likeness (QED) is 0.869. The minimum absolute atomic E-state index is 0.186. The largest absolute Gasteiger partial charge is 0.374 e. The molecule has 1 aliphatic rings. The average Bonchev–Trinajstić information content (AvgIpc) is 2.73. The van der Waals surface area contributed by atoms with Gasteiger partial charge >= 0.3 is 0 Å². The summed E-state index contributed by atoms with van der Waals surface area (Å²) in [6.45, 7) is 5.07. The zero-order chi connectivity index (χ0) is 12.3. The molecule has 0 saturated carbocycles. The molecule has 1 aromatic rings. The van der Waals surface area contributed by atoms with Gasteiger partial charge in [-0.15, -0.1) is 0 Å². The van der Waals surface area contributed by atoms with Crippen LogP contribution in [-0.4, -0.2) is 18.8 Å². The molecule has 0 radical (unpaired) electrons. The van der Waals surface area contributed by atoms with Gasteiger partial charge in [-0.05, 0) is 44.4 Å². The third-order valence-electron chi connectivity index (χ3n) is 3.34. The van der Waals surface area contributed by atoms with Crippen LogP contribution in [-0.2, 0) is 4.74 Å². The Morgan fingerprint density at radius 1 is 1.35 bits per heavy atom. The molecule has 0 bridgehead atoms. The molecule has 1 saturated heterocycles. The van der Waals surface area contributed by atoms with Gasteiger partial charge in [-0.3, -0.25) is 0 Å². The molecule has 0 aliphatic carbocycles. The molecule has 17 heavy (non-hydrogen) atoms. The number of halogens is 1. The summed E-state index contributed by atoms with van der Waals surface area (Å²) >= 11 is 0. The standard InChI is InChI=1S/C14H20FNO/c1-10-3-8-14(17-10)9-16-11(2)12-4-6-13(15)7-5-12/h4-7,10-11,14,16H,3,8-9H2,1-2H3. The highest BCUT2D eigenvalue weighted by atomic mass is 19.1. The highest BCUT2D eigenvalue weighted by Gasteiger charge is 2.21. The van der Waals surface area contributed by atoms with Crippen LogP contribution < -0.4 is 5.32 Å². The van der Waals surface area contributed by atoms with E-state index in [9.17, 15) is 4.39 Å². The summed E-state index contributed by atoms with van der Waals surface area (Å²) in [5.41, 5.74) is 1.11. The first-order valence-corrected chi connectivity index (χ1v) is 6.29. The van der Waals surface area contributed by atoms with Gasteiger partial charge in [0.25, 0.3) is 0 Å². The molecule has 0 amide bonds. The highest BCUT2D eigenvalue weighted by Crippen LogP contribution is 2.19. The molecule has 0 spiro atoms. The molecule has 1 aliphatic heterocycles. The van der Waals surface area contributed by atoms with Gasteiger partial charge in [-0.2, -0.15) is 0 Å². The predicted molar refractivity (Wildman–Crippen MR) is 66.4 cm³/mol. The fourth-order valence-electron chi connectivity index (χ4n) is 2.21. The molecule has 1 heterocycles. The minimum Gasteiger partial charge on any atom is -0.374 e. The van der Waals surface area contributed by atoms with Gasteiger partial charge < -0.3 is 10.1 Å². The average molecular weight is 237 g/mol. The molecule has 1 aromatic carbocycles. The lowest BCUT2D eigenvalue weighted by molar-refractivity contribution is 0.0546. The maximum Gasteiger partial charge on any atom is 0.123 e. The number of hydrogen-bond donors (Lipinski definition) is 1. The second-order valence-electron chi connectivity index (χ2n) is 4.83. The van der Waals surface area contributed by atoms with Crippen molar-refractivity contribution in [3.63, 3.8) is 0 Å². The Morgan fingerprint density at radius 2 is 2.06 bits per heavy atom. The summed E-state index contributed by atoms with van der Waals surface area (Å²) < 4.78 is 18.5. The number of rotatable bonds is 4. The summed E-state index contributed by atoms with van der Waals surface area (Å²) in [5, 5.41) is 3.43. The lowest BCUT2D eigenvalue weighted by Crippen LogP contribution is -2.29. The Hall–Kier alpha value is -0.930. The molecular weight excluding hydrogens is 217 g/mol. The molecule has 1 fully saturated rings. The Kier molecular flexibility index (Phi) is 4.13. The fourth-order valence-corrected chi connectivity index (χ4v) is 2.21. The smallest absolute Gasteiger partial charge is 0.123 e. The van der Waals surface area contributed by atoms with E-state index in [2.05, 4.69) is 19.2 Å². The number of nitrogens with one attached hydrogen (secondary N) is 1. The van der Waals surface area contributed by atoms with Crippen LogP contribution in [0.3, 0.4) is 0 Å². The van der Waals surface area contributed by atoms with Gasteiger partial charge in [0.1, 0.15) is 5.82 Å². The van der Waals surface area contributed by atoms with Crippen molar-refractivity contribution in [2.45, 2.75) is 44.9 Å². The van der Waals surface area contributed by atoms with Crippen molar-refractivity contribution < 1.29 is 9.13 Å². The number of ether oxygens (including phenoxy) is 1. The first-order valence-electron chi connectivity index (χ1n) is 6.29. The van der Waals surface area contributed by atoms with Gasteiger partial charge in [-0.1, -0.05) is 12.1 Å². The summed E-state index contributed by atoms with van der Waals surface area (Å²) in [5.74, 6) is -0.186. The molecule has 3 atom stereocenters. The molecule has 2 nitrogen and oxygen atoms in total. The van der Waals surface area contributed by atoms with Crippen LogP contribution in [0.15, 0.2) is 24.3 Å². The molecule has 2 rings (SSSR count). The van der Waals surface area contributed by atoms with Crippen molar-refractivity contribution in [1.82, 2.24) is 5.32 Å². The van der Waals surface area contributed by atoms with E-state index in [1.165, 1.54) is 12.1 Å². The molecule has 3 heteroatoms. The van der Waals surface area contributed by atoms with Gasteiger partial charge in [0.05, 0.1) is 12.2 Å². The first-order chi connectivity index (χ1) is 8.15. The second-order valence-corrected chi connectivity index (χ2v) is 4.83. The number of hydrogen-bond acceptors (Lipinski definition) is 2. The van der Waals surface area contributed by atoms with Crippen LogP contribution in [0.5, 0.6) is 0 Å². The van der Waals surface area contributed by atoms with E-state index in [0.29, 0.717) is 12.2 Å². The van der Waals surface area contributed by atoms with Gasteiger partial charge in [0.15, 0.2) is 0 Å². The van der Waals surface area contributed by atoms with Crippen LogP contribution in [0.4, 0.5) is 4.39 Å². The summed E-state index contributed by atoms with van der Waals surface area (Å²) in [4.78, 5) is 0. The van der Waals surface area contributed by atoms with E-state index in [1.807, 2.05) is 12.1 Å². The third-order valence-corrected chi connectivity index (χ3v) is 3.34. The highest BCUT2D eigenvalue weighted by molar-refractivity contribution is 5.19.